The third-order valence-electron chi connectivity index (χ3n) is 4.25. The second-order valence-electron chi connectivity index (χ2n) is 6.26. The van der Waals surface area contributed by atoms with Crippen molar-refractivity contribution in [3.05, 3.63) is 0 Å². The lowest BCUT2D eigenvalue weighted by atomic mass is 9.92. The fourth-order valence-corrected chi connectivity index (χ4v) is 2.78. The fraction of sp³-hybridized carbons (Fsp3) is 0.944. The van der Waals surface area contributed by atoms with E-state index in [1.165, 1.54) is 64.0 Å². The highest BCUT2D eigenvalue weighted by molar-refractivity contribution is 5.60. The number of hydrogen-bond acceptors (Lipinski definition) is 3. The Labute approximate surface area is 131 Å². The number of oxime groups is 1. The van der Waals surface area contributed by atoms with Gasteiger partial charge in [-0.25, -0.2) is 0 Å². The van der Waals surface area contributed by atoms with Crippen LogP contribution in [0.5, 0.6) is 0 Å². The minimum absolute atomic E-state index is 0.0206. The highest BCUT2D eigenvalue weighted by Crippen LogP contribution is 2.18. The molecule has 126 valence electrons. The van der Waals surface area contributed by atoms with Crippen molar-refractivity contribution in [1.82, 2.24) is 0 Å². The molecule has 3 nitrogen and oxygen atoms in total. The maximum Gasteiger partial charge on any atom is 0.0619 e. The van der Waals surface area contributed by atoms with Crippen LogP contribution < -0.4 is 0 Å². The monoisotopic (exact) mass is 299 g/mol. The minimum Gasteiger partial charge on any atom is -0.411 e. The highest BCUT2D eigenvalue weighted by atomic mass is 16.4. The lowest BCUT2D eigenvalue weighted by Crippen LogP contribution is -2.22. The van der Waals surface area contributed by atoms with E-state index in [1.807, 2.05) is 0 Å². The molecule has 2 atom stereocenters. The van der Waals surface area contributed by atoms with E-state index in [1.54, 1.807) is 0 Å². The zero-order valence-corrected chi connectivity index (χ0v) is 14.3. The third kappa shape index (κ3) is 12.9. The molecule has 0 amide bonds. The maximum atomic E-state index is 10.2. The number of unbranched alkanes of at least 4 members (excludes halogenated alkanes) is 9. The Bertz CT molecular complexity index is 231. The molecule has 0 saturated carbocycles. The number of aliphatic hydroxyl groups excluding tert-OH is 1. The summed E-state index contributed by atoms with van der Waals surface area (Å²) in [5.41, 5.74) is 0. The van der Waals surface area contributed by atoms with Crippen molar-refractivity contribution < 1.29 is 10.3 Å². The van der Waals surface area contributed by atoms with Crippen LogP contribution in [0.25, 0.3) is 0 Å². The van der Waals surface area contributed by atoms with E-state index in [4.69, 9.17) is 5.21 Å². The van der Waals surface area contributed by atoms with E-state index in [0.29, 0.717) is 0 Å². The summed E-state index contributed by atoms with van der Waals surface area (Å²) in [6, 6.07) is 0. The van der Waals surface area contributed by atoms with Crippen LogP contribution in [0.3, 0.4) is 0 Å². The van der Waals surface area contributed by atoms with E-state index >= 15 is 0 Å². The Morgan fingerprint density at radius 1 is 0.762 bits per heavy atom. The summed E-state index contributed by atoms with van der Waals surface area (Å²) in [5, 5.41) is 22.2. The molecule has 0 aromatic carbocycles. The Balaban J connectivity index is 3.76. The van der Waals surface area contributed by atoms with Crippen molar-refractivity contribution in [1.29, 1.82) is 0 Å². The highest BCUT2D eigenvalue weighted by Gasteiger charge is 2.16. The van der Waals surface area contributed by atoms with E-state index in [-0.39, 0.29) is 12.0 Å². The van der Waals surface area contributed by atoms with Gasteiger partial charge in [0.1, 0.15) is 0 Å². The SMILES string of the molecule is CCCCCCCCC(O)C(C=NO)CCCCCCC. The van der Waals surface area contributed by atoms with Crippen molar-refractivity contribution >= 4 is 6.21 Å². The lowest BCUT2D eigenvalue weighted by Gasteiger charge is -2.18. The molecular formula is C18H37NO2. The number of nitrogens with zero attached hydrogens (tertiary/aromatic N) is 1. The summed E-state index contributed by atoms with van der Waals surface area (Å²) in [7, 11) is 0. The van der Waals surface area contributed by atoms with Gasteiger partial charge in [-0.05, 0) is 12.8 Å². The fourth-order valence-electron chi connectivity index (χ4n) is 2.78. The van der Waals surface area contributed by atoms with Crippen molar-refractivity contribution in [3.8, 4) is 0 Å². The molecule has 0 spiro atoms. The van der Waals surface area contributed by atoms with Crippen molar-refractivity contribution in [3.63, 3.8) is 0 Å². The van der Waals surface area contributed by atoms with E-state index in [9.17, 15) is 5.11 Å². The number of aliphatic hydroxyl groups is 1. The summed E-state index contributed by atoms with van der Waals surface area (Å²) in [4.78, 5) is 0. The van der Waals surface area contributed by atoms with E-state index in [0.717, 1.165) is 25.7 Å². The first-order valence-corrected chi connectivity index (χ1v) is 9.11. The van der Waals surface area contributed by atoms with Gasteiger partial charge in [0.05, 0.1) is 6.10 Å². The van der Waals surface area contributed by atoms with Gasteiger partial charge in [-0.3, -0.25) is 0 Å². The van der Waals surface area contributed by atoms with Crippen LogP contribution in [-0.2, 0) is 0 Å². The van der Waals surface area contributed by atoms with Crippen LogP contribution in [-0.4, -0.2) is 22.6 Å². The van der Waals surface area contributed by atoms with Gasteiger partial charge in [-0.2, -0.15) is 0 Å². The maximum absolute atomic E-state index is 10.2. The molecule has 2 N–H and O–H groups in total. The second-order valence-corrected chi connectivity index (χ2v) is 6.26. The van der Waals surface area contributed by atoms with Gasteiger partial charge >= 0.3 is 0 Å². The molecular weight excluding hydrogens is 262 g/mol. The molecule has 0 aliphatic carbocycles. The summed E-state index contributed by atoms with van der Waals surface area (Å²) in [6.07, 6.45) is 16.6. The van der Waals surface area contributed by atoms with Crippen LogP contribution in [0.15, 0.2) is 5.16 Å². The summed E-state index contributed by atoms with van der Waals surface area (Å²) >= 11 is 0. The van der Waals surface area contributed by atoms with Gasteiger partial charge in [0.25, 0.3) is 0 Å². The van der Waals surface area contributed by atoms with Crippen molar-refractivity contribution in [2.24, 2.45) is 11.1 Å². The summed E-state index contributed by atoms with van der Waals surface area (Å²) in [5.74, 6) is 0.0206. The smallest absolute Gasteiger partial charge is 0.0619 e. The first kappa shape index (κ1) is 20.4. The second kappa shape index (κ2) is 15.8. The Morgan fingerprint density at radius 3 is 1.76 bits per heavy atom. The molecule has 0 bridgehead atoms. The standard InChI is InChI=1S/C18H37NO2/c1-3-5-7-9-11-13-15-18(20)17(16-19-21)14-12-10-8-6-4-2/h16-18,20-21H,3-15H2,1-2H3. The Hall–Kier alpha value is -0.570. The molecule has 3 heteroatoms. The van der Waals surface area contributed by atoms with Crippen LogP contribution in [0.2, 0.25) is 0 Å². The Morgan fingerprint density at radius 2 is 1.24 bits per heavy atom. The number of hydrogen-bond donors (Lipinski definition) is 2. The normalized spacial score (nSPS) is 14.6. The van der Waals surface area contributed by atoms with Crippen molar-refractivity contribution in [2.75, 3.05) is 0 Å². The van der Waals surface area contributed by atoms with Gasteiger partial charge in [-0.15, -0.1) is 5.16 Å². The van der Waals surface area contributed by atoms with E-state index < -0.39 is 0 Å². The van der Waals surface area contributed by atoms with E-state index in [2.05, 4.69) is 19.0 Å². The molecule has 0 radical (unpaired) electrons. The molecule has 21 heavy (non-hydrogen) atoms. The third-order valence-corrected chi connectivity index (χ3v) is 4.25. The largest absolute Gasteiger partial charge is 0.411 e. The Kier molecular flexibility index (Phi) is 15.4. The van der Waals surface area contributed by atoms with Gasteiger partial charge in [-0.1, -0.05) is 84.5 Å². The van der Waals surface area contributed by atoms with Crippen LogP contribution >= 0.6 is 0 Å². The van der Waals surface area contributed by atoms with Crippen LogP contribution in [0.4, 0.5) is 0 Å². The molecule has 0 aromatic heterocycles. The zero-order valence-electron chi connectivity index (χ0n) is 14.3. The molecule has 0 saturated heterocycles. The first-order valence-electron chi connectivity index (χ1n) is 9.11. The molecule has 0 fully saturated rings. The summed E-state index contributed by atoms with van der Waals surface area (Å²) < 4.78 is 0. The van der Waals surface area contributed by atoms with Crippen LogP contribution in [0, 0.1) is 5.92 Å². The average molecular weight is 299 g/mol. The van der Waals surface area contributed by atoms with Gasteiger partial charge in [0, 0.05) is 12.1 Å². The molecule has 0 heterocycles. The zero-order chi connectivity index (χ0) is 15.8. The quantitative estimate of drug-likeness (QED) is 0.181. The average Bonchev–Trinajstić information content (AvgIpc) is 2.49. The molecule has 0 aromatic rings. The first-order chi connectivity index (χ1) is 10.3. The predicted octanol–water partition coefficient (Wildman–Crippen LogP) is 5.53. The van der Waals surface area contributed by atoms with Gasteiger partial charge < -0.3 is 10.3 Å². The van der Waals surface area contributed by atoms with Crippen molar-refractivity contribution in [2.45, 2.75) is 103 Å². The minimum atomic E-state index is -0.349. The molecule has 0 rings (SSSR count). The summed E-state index contributed by atoms with van der Waals surface area (Å²) in [6.45, 7) is 4.44. The molecule has 0 aliphatic heterocycles. The topological polar surface area (TPSA) is 52.8 Å². The molecule has 2 unspecified atom stereocenters. The molecule has 0 aliphatic rings. The van der Waals surface area contributed by atoms with Gasteiger partial charge in [0.15, 0.2) is 0 Å². The number of rotatable bonds is 15. The van der Waals surface area contributed by atoms with Gasteiger partial charge in [0.2, 0.25) is 0 Å². The lowest BCUT2D eigenvalue weighted by molar-refractivity contribution is 0.120. The van der Waals surface area contributed by atoms with Crippen LogP contribution in [0.1, 0.15) is 97.3 Å². The predicted molar refractivity (Wildman–Crippen MR) is 91.1 cm³/mol.